The Bertz CT molecular complexity index is 602. The van der Waals surface area contributed by atoms with Crippen molar-refractivity contribution >= 4 is 5.69 Å². The first-order chi connectivity index (χ1) is 9.65. The van der Waals surface area contributed by atoms with Crippen molar-refractivity contribution in [3.63, 3.8) is 0 Å². The van der Waals surface area contributed by atoms with Crippen molar-refractivity contribution in [2.75, 3.05) is 20.0 Å². The number of nitrogens with two attached hydrogens (primary N) is 1. The lowest BCUT2D eigenvalue weighted by atomic mass is 10.2. The summed E-state index contributed by atoms with van der Waals surface area (Å²) in [5, 5.41) is 0. The zero-order valence-corrected chi connectivity index (χ0v) is 11.4. The molecule has 0 spiro atoms. The minimum absolute atomic E-state index is 0.0727. The molecular formula is C15H16FNO3. The minimum atomic E-state index is -0.426. The number of benzene rings is 2. The molecule has 0 aromatic heterocycles. The van der Waals surface area contributed by atoms with E-state index < -0.39 is 5.82 Å². The molecule has 0 aliphatic rings. The predicted molar refractivity (Wildman–Crippen MR) is 74.7 cm³/mol. The molecule has 2 aromatic carbocycles. The van der Waals surface area contributed by atoms with Gasteiger partial charge in [-0.3, -0.25) is 0 Å². The van der Waals surface area contributed by atoms with Crippen LogP contribution in [-0.2, 0) is 6.61 Å². The van der Waals surface area contributed by atoms with Crippen molar-refractivity contribution in [3.8, 4) is 17.2 Å². The molecular weight excluding hydrogens is 261 g/mol. The minimum Gasteiger partial charge on any atom is -0.494 e. The van der Waals surface area contributed by atoms with Gasteiger partial charge in [-0.05, 0) is 18.2 Å². The molecule has 0 aliphatic carbocycles. The summed E-state index contributed by atoms with van der Waals surface area (Å²) in [4.78, 5) is 0. The first-order valence-corrected chi connectivity index (χ1v) is 6.03. The Morgan fingerprint density at radius 2 is 1.75 bits per heavy atom. The van der Waals surface area contributed by atoms with E-state index in [1.807, 2.05) is 0 Å². The highest BCUT2D eigenvalue weighted by Crippen LogP contribution is 2.30. The number of anilines is 1. The topological polar surface area (TPSA) is 53.7 Å². The van der Waals surface area contributed by atoms with E-state index in [-0.39, 0.29) is 12.4 Å². The van der Waals surface area contributed by atoms with Crippen LogP contribution in [0.4, 0.5) is 10.1 Å². The molecule has 2 N–H and O–H groups in total. The van der Waals surface area contributed by atoms with Crippen LogP contribution >= 0.6 is 0 Å². The summed E-state index contributed by atoms with van der Waals surface area (Å²) < 4.78 is 29.6. The third kappa shape index (κ3) is 2.93. The monoisotopic (exact) mass is 277 g/mol. The average molecular weight is 277 g/mol. The van der Waals surface area contributed by atoms with Gasteiger partial charge in [0.15, 0.2) is 23.1 Å². The second-order valence-corrected chi connectivity index (χ2v) is 4.13. The molecule has 0 amide bonds. The van der Waals surface area contributed by atoms with Gasteiger partial charge in [0, 0.05) is 17.3 Å². The van der Waals surface area contributed by atoms with Crippen LogP contribution in [-0.4, -0.2) is 14.2 Å². The molecule has 5 heteroatoms. The molecule has 0 aliphatic heterocycles. The van der Waals surface area contributed by atoms with Gasteiger partial charge in [0.1, 0.15) is 6.61 Å². The quantitative estimate of drug-likeness (QED) is 0.854. The van der Waals surface area contributed by atoms with Crippen LogP contribution in [0.25, 0.3) is 0 Å². The molecule has 2 rings (SSSR count). The Morgan fingerprint density at radius 3 is 2.45 bits per heavy atom. The highest BCUT2D eigenvalue weighted by atomic mass is 19.1. The molecule has 0 radical (unpaired) electrons. The fourth-order valence-corrected chi connectivity index (χ4v) is 1.78. The van der Waals surface area contributed by atoms with Crippen molar-refractivity contribution in [3.05, 3.63) is 47.8 Å². The fourth-order valence-electron chi connectivity index (χ4n) is 1.78. The first-order valence-electron chi connectivity index (χ1n) is 6.03. The summed E-state index contributed by atoms with van der Waals surface area (Å²) in [5.74, 6) is 0.775. The molecule has 0 heterocycles. The second-order valence-electron chi connectivity index (χ2n) is 4.13. The summed E-state index contributed by atoms with van der Waals surface area (Å²) >= 11 is 0. The number of hydrogen-bond acceptors (Lipinski definition) is 4. The highest BCUT2D eigenvalue weighted by Gasteiger charge is 2.10. The zero-order chi connectivity index (χ0) is 14.5. The summed E-state index contributed by atoms with van der Waals surface area (Å²) in [6, 6.07) is 9.94. The number of ether oxygens (including phenoxy) is 3. The maximum atomic E-state index is 14.0. The van der Waals surface area contributed by atoms with Crippen molar-refractivity contribution in [2.24, 2.45) is 0 Å². The van der Waals surface area contributed by atoms with Crippen LogP contribution in [0.15, 0.2) is 36.4 Å². The SMILES string of the molecule is COc1cc(N)ccc1OCc1cccc(OC)c1F. The summed E-state index contributed by atoms with van der Waals surface area (Å²) in [7, 11) is 2.94. The Hall–Kier alpha value is -2.43. The van der Waals surface area contributed by atoms with Crippen LogP contribution in [0.3, 0.4) is 0 Å². The molecule has 0 unspecified atom stereocenters. The van der Waals surface area contributed by atoms with Gasteiger partial charge in [-0.1, -0.05) is 12.1 Å². The Morgan fingerprint density at radius 1 is 1.00 bits per heavy atom. The second kappa shape index (κ2) is 6.14. The van der Waals surface area contributed by atoms with Gasteiger partial charge in [-0.15, -0.1) is 0 Å². The molecule has 106 valence electrons. The molecule has 20 heavy (non-hydrogen) atoms. The molecule has 4 nitrogen and oxygen atoms in total. The largest absolute Gasteiger partial charge is 0.494 e. The van der Waals surface area contributed by atoms with Crippen LogP contribution < -0.4 is 19.9 Å². The normalized spacial score (nSPS) is 10.2. The third-order valence-electron chi connectivity index (χ3n) is 2.83. The number of rotatable bonds is 5. The average Bonchev–Trinajstić information content (AvgIpc) is 2.47. The van der Waals surface area contributed by atoms with E-state index in [4.69, 9.17) is 19.9 Å². The van der Waals surface area contributed by atoms with Gasteiger partial charge < -0.3 is 19.9 Å². The van der Waals surface area contributed by atoms with E-state index in [1.165, 1.54) is 14.2 Å². The van der Waals surface area contributed by atoms with E-state index in [0.717, 1.165) is 0 Å². The summed E-state index contributed by atoms with van der Waals surface area (Å²) in [5.41, 5.74) is 6.64. The molecule has 0 atom stereocenters. The van der Waals surface area contributed by atoms with Crippen molar-refractivity contribution in [1.82, 2.24) is 0 Å². The molecule has 0 fully saturated rings. The van der Waals surface area contributed by atoms with Gasteiger partial charge in [0.2, 0.25) is 0 Å². The smallest absolute Gasteiger partial charge is 0.171 e. The number of hydrogen-bond donors (Lipinski definition) is 1. The van der Waals surface area contributed by atoms with Gasteiger partial charge in [-0.25, -0.2) is 4.39 Å². The van der Waals surface area contributed by atoms with E-state index in [0.29, 0.717) is 22.7 Å². The lowest BCUT2D eigenvalue weighted by Gasteiger charge is -2.12. The van der Waals surface area contributed by atoms with Gasteiger partial charge >= 0.3 is 0 Å². The van der Waals surface area contributed by atoms with E-state index in [2.05, 4.69) is 0 Å². The summed E-state index contributed by atoms with van der Waals surface area (Å²) in [6.45, 7) is 0.0727. The Balaban J connectivity index is 2.17. The fraction of sp³-hybridized carbons (Fsp3) is 0.200. The lowest BCUT2D eigenvalue weighted by molar-refractivity contribution is 0.277. The number of halogens is 1. The van der Waals surface area contributed by atoms with Gasteiger partial charge in [0.25, 0.3) is 0 Å². The third-order valence-corrected chi connectivity index (χ3v) is 2.83. The molecule has 0 saturated carbocycles. The lowest BCUT2D eigenvalue weighted by Crippen LogP contribution is -2.02. The Labute approximate surface area is 116 Å². The first kappa shape index (κ1) is 14.0. The number of methoxy groups -OCH3 is 2. The van der Waals surface area contributed by atoms with Gasteiger partial charge in [0.05, 0.1) is 14.2 Å². The summed E-state index contributed by atoms with van der Waals surface area (Å²) in [6.07, 6.45) is 0. The molecule has 2 aromatic rings. The zero-order valence-electron chi connectivity index (χ0n) is 11.4. The van der Waals surface area contributed by atoms with Crippen LogP contribution in [0.2, 0.25) is 0 Å². The Kier molecular flexibility index (Phi) is 4.30. The standard InChI is InChI=1S/C15H16FNO3/c1-18-13-5-3-4-10(15(13)16)9-20-12-7-6-11(17)8-14(12)19-2/h3-8H,9,17H2,1-2H3. The van der Waals surface area contributed by atoms with Crippen molar-refractivity contribution < 1.29 is 18.6 Å². The number of nitrogen functional groups attached to an aromatic ring is 1. The predicted octanol–water partition coefficient (Wildman–Crippen LogP) is 3.00. The van der Waals surface area contributed by atoms with Crippen LogP contribution in [0, 0.1) is 5.82 Å². The van der Waals surface area contributed by atoms with Crippen LogP contribution in [0.1, 0.15) is 5.56 Å². The van der Waals surface area contributed by atoms with Crippen molar-refractivity contribution in [1.29, 1.82) is 0 Å². The maximum absolute atomic E-state index is 14.0. The molecule has 0 bridgehead atoms. The van der Waals surface area contributed by atoms with E-state index >= 15 is 0 Å². The van der Waals surface area contributed by atoms with E-state index in [1.54, 1.807) is 36.4 Å². The van der Waals surface area contributed by atoms with Crippen molar-refractivity contribution in [2.45, 2.75) is 6.61 Å². The highest BCUT2D eigenvalue weighted by molar-refractivity contribution is 5.52. The maximum Gasteiger partial charge on any atom is 0.171 e. The van der Waals surface area contributed by atoms with E-state index in [9.17, 15) is 4.39 Å². The van der Waals surface area contributed by atoms with Crippen LogP contribution in [0.5, 0.6) is 17.2 Å². The van der Waals surface area contributed by atoms with Gasteiger partial charge in [-0.2, -0.15) is 0 Å². The molecule has 0 saturated heterocycles.